The second kappa shape index (κ2) is 6.07. The van der Waals surface area contributed by atoms with Gasteiger partial charge in [-0.1, -0.05) is 24.3 Å². The van der Waals surface area contributed by atoms with Crippen LogP contribution in [0.15, 0.2) is 36.5 Å². The number of hydrogen-bond donors (Lipinski definition) is 4. The Labute approximate surface area is 122 Å². The van der Waals surface area contributed by atoms with Gasteiger partial charge in [-0.15, -0.1) is 0 Å². The minimum atomic E-state index is -0.422. The lowest BCUT2D eigenvalue weighted by molar-refractivity contribution is -0.123. The van der Waals surface area contributed by atoms with Crippen LogP contribution in [0.25, 0.3) is 11.3 Å². The predicted molar refractivity (Wildman–Crippen MR) is 78.3 cm³/mol. The summed E-state index contributed by atoms with van der Waals surface area (Å²) in [6.45, 7) is 0.966. The molecule has 4 N–H and O–H groups in total. The van der Waals surface area contributed by atoms with Crippen LogP contribution in [0.2, 0.25) is 0 Å². The highest BCUT2D eigenvalue weighted by molar-refractivity contribution is 5.82. The fraction of sp³-hybridized carbons (Fsp3) is 0.333. The minimum absolute atomic E-state index is 0.0656. The van der Waals surface area contributed by atoms with Gasteiger partial charge in [0.2, 0.25) is 5.91 Å². The van der Waals surface area contributed by atoms with Crippen LogP contribution in [-0.4, -0.2) is 39.9 Å². The van der Waals surface area contributed by atoms with Crippen LogP contribution in [-0.2, 0) is 11.3 Å². The SMILES string of the molecule is O=C(NCc1ccc(-c2ccn[nH]2)cc1)C1CC(O)CN1. The number of H-pyrrole nitrogens is 1. The molecule has 3 rings (SSSR count). The average molecular weight is 286 g/mol. The highest BCUT2D eigenvalue weighted by Gasteiger charge is 2.27. The van der Waals surface area contributed by atoms with Gasteiger partial charge in [0.15, 0.2) is 0 Å². The van der Waals surface area contributed by atoms with E-state index in [1.165, 1.54) is 0 Å². The topological polar surface area (TPSA) is 90.0 Å². The van der Waals surface area contributed by atoms with Crippen LogP contribution in [0.5, 0.6) is 0 Å². The first kappa shape index (κ1) is 13.8. The third-order valence-corrected chi connectivity index (χ3v) is 3.66. The summed E-state index contributed by atoms with van der Waals surface area (Å²) in [6, 6.07) is 9.57. The van der Waals surface area contributed by atoms with Crippen LogP contribution >= 0.6 is 0 Å². The van der Waals surface area contributed by atoms with Gasteiger partial charge in [-0.3, -0.25) is 9.89 Å². The second-order valence-corrected chi connectivity index (χ2v) is 5.24. The van der Waals surface area contributed by atoms with Gasteiger partial charge < -0.3 is 15.7 Å². The molecular weight excluding hydrogens is 268 g/mol. The largest absolute Gasteiger partial charge is 0.392 e. The molecule has 21 heavy (non-hydrogen) atoms. The van der Waals surface area contributed by atoms with Gasteiger partial charge in [-0.25, -0.2) is 0 Å². The van der Waals surface area contributed by atoms with E-state index in [9.17, 15) is 9.90 Å². The first-order valence-corrected chi connectivity index (χ1v) is 7.00. The van der Waals surface area contributed by atoms with Gasteiger partial charge in [0, 0.05) is 19.3 Å². The smallest absolute Gasteiger partial charge is 0.237 e. The third kappa shape index (κ3) is 3.29. The van der Waals surface area contributed by atoms with Crippen LogP contribution < -0.4 is 10.6 Å². The van der Waals surface area contributed by atoms with Crippen molar-refractivity contribution in [3.8, 4) is 11.3 Å². The molecule has 110 valence electrons. The summed E-state index contributed by atoms with van der Waals surface area (Å²) in [7, 11) is 0. The maximum Gasteiger partial charge on any atom is 0.237 e. The van der Waals surface area contributed by atoms with Crippen molar-refractivity contribution >= 4 is 5.91 Å². The Kier molecular flexibility index (Phi) is 3.98. The molecule has 6 nitrogen and oxygen atoms in total. The number of aliphatic hydroxyl groups is 1. The highest BCUT2D eigenvalue weighted by Crippen LogP contribution is 2.16. The van der Waals surface area contributed by atoms with Crippen LogP contribution in [0, 0.1) is 0 Å². The summed E-state index contributed by atoms with van der Waals surface area (Å²) in [6.07, 6.45) is 1.77. The van der Waals surface area contributed by atoms with Crippen molar-refractivity contribution in [3.63, 3.8) is 0 Å². The fourth-order valence-corrected chi connectivity index (χ4v) is 2.45. The van der Waals surface area contributed by atoms with E-state index in [2.05, 4.69) is 20.8 Å². The van der Waals surface area contributed by atoms with Gasteiger partial charge in [0.25, 0.3) is 0 Å². The van der Waals surface area contributed by atoms with Crippen LogP contribution in [0.3, 0.4) is 0 Å². The predicted octanol–water partition coefficient (Wildman–Crippen LogP) is 0.416. The lowest BCUT2D eigenvalue weighted by Crippen LogP contribution is -2.39. The number of β-amino-alcohol motifs (C(OH)–C–C–N with tert-alkyl or cyclic N) is 1. The molecule has 1 saturated heterocycles. The molecule has 1 aromatic heterocycles. The molecule has 0 radical (unpaired) electrons. The molecule has 1 fully saturated rings. The van der Waals surface area contributed by atoms with E-state index >= 15 is 0 Å². The molecule has 2 unspecified atom stereocenters. The van der Waals surface area contributed by atoms with Gasteiger partial charge >= 0.3 is 0 Å². The van der Waals surface area contributed by atoms with Crippen molar-refractivity contribution in [3.05, 3.63) is 42.1 Å². The molecule has 0 bridgehead atoms. The van der Waals surface area contributed by atoms with E-state index in [-0.39, 0.29) is 11.9 Å². The standard InChI is InChI=1S/C15H18N4O2/c20-12-7-14(16-9-12)15(21)17-8-10-1-3-11(4-2-10)13-5-6-18-19-13/h1-6,12,14,16,20H,7-9H2,(H,17,21)(H,18,19). The molecule has 0 saturated carbocycles. The minimum Gasteiger partial charge on any atom is -0.392 e. The molecule has 0 aliphatic carbocycles. The molecule has 6 heteroatoms. The van der Waals surface area contributed by atoms with Crippen molar-refractivity contribution in [2.45, 2.75) is 25.1 Å². The van der Waals surface area contributed by atoms with E-state index < -0.39 is 6.10 Å². The lowest BCUT2D eigenvalue weighted by atomic mass is 10.1. The number of aromatic amines is 1. The molecule has 2 aromatic rings. The lowest BCUT2D eigenvalue weighted by Gasteiger charge is -2.11. The Morgan fingerprint density at radius 2 is 2.14 bits per heavy atom. The molecule has 2 heterocycles. The highest BCUT2D eigenvalue weighted by atomic mass is 16.3. The Morgan fingerprint density at radius 3 is 2.76 bits per heavy atom. The van der Waals surface area contributed by atoms with Gasteiger partial charge in [-0.2, -0.15) is 5.10 Å². The summed E-state index contributed by atoms with van der Waals surface area (Å²) >= 11 is 0. The summed E-state index contributed by atoms with van der Waals surface area (Å²) in [4.78, 5) is 11.9. The Hall–Kier alpha value is -2.18. The van der Waals surface area contributed by atoms with E-state index in [1.807, 2.05) is 30.3 Å². The summed E-state index contributed by atoms with van der Waals surface area (Å²) < 4.78 is 0. The molecule has 1 amide bonds. The van der Waals surface area contributed by atoms with E-state index in [0.29, 0.717) is 19.5 Å². The van der Waals surface area contributed by atoms with Gasteiger partial charge in [0.05, 0.1) is 17.8 Å². The number of aliphatic hydroxyl groups excluding tert-OH is 1. The number of rotatable bonds is 4. The number of carbonyl (C=O) groups excluding carboxylic acids is 1. The van der Waals surface area contributed by atoms with Crippen molar-refractivity contribution in [1.82, 2.24) is 20.8 Å². The number of hydrogen-bond acceptors (Lipinski definition) is 4. The van der Waals surface area contributed by atoms with Crippen LogP contribution in [0.1, 0.15) is 12.0 Å². The zero-order valence-corrected chi connectivity index (χ0v) is 11.5. The normalized spacial score (nSPS) is 21.4. The Balaban J connectivity index is 1.55. The summed E-state index contributed by atoms with van der Waals surface area (Å²) in [5.74, 6) is -0.0656. The average Bonchev–Trinajstić information content (AvgIpc) is 3.16. The number of nitrogens with zero attached hydrogens (tertiary/aromatic N) is 1. The van der Waals surface area contributed by atoms with E-state index in [0.717, 1.165) is 16.8 Å². The number of aromatic nitrogens is 2. The number of nitrogens with one attached hydrogen (secondary N) is 3. The Morgan fingerprint density at radius 1 is 1.33 bits per heavy atom. The molecule has 0 spiro atoms. The molecule has 1 aromatic carbocycles. The maximum absolute atomic E-state index is 11.9. The quantitative estimate of drug-likeness (QED) is 0.655. The monoisotopic (exact) mass is 286 g/mol. The second-order valence-electron chi connectivity index (χ2n) is 5.24. The van der Waals surface area contributed by atoms with Gasteiger partial charge in [-0.05, 0) is 23.6 Å². The molecule has 1 aliphatic rings. The van der Waals surface area contributed by atoms with Crippen LogP contribution in [0.4, 0.5) is 0 Å². The zero-order valence-electron chi connectivity index (χ0n) is 11.5. The van der Waals surface area contributed by atoms with Crippen molar-refractivity contribution in [1.29, 1.82) is 0 Å². The molecule has 1 aliphatic heterocycles. The first-order valence-electron chi connectivity index (χ1n) is 7.00. The third-order valence-electron chi connectivity index (χ3n) is 3.66. The fourth-order valence-electron chi connectivity index (χ4n) is 2.45. The zero-order chi connectivity index (χ0) is 14.7. The first-order chi connectivity index (χ1) is 10.2. The molecule has 2 atom stereocenters. The summed E-state index contributed by atoms with van der Waals surface area (Å²) in [5.41, 5.74) is 3.06. The van der Waals surface area contributed by atoms with Crippen molar-refractivity contribution < 1.29 is 9.90 Å². The van der Waals surface area contributed by atoms with E-state index in [1.54, 1.807) is 6.20 Å². The molecular formula is C15H18N4O2. The summed E-state index contributed by atoms with van der Waals surface area (Å²) in [5, 5.41) is 22.1. The number of benzene rings is 1. The van der Waals surface area contributed by atoms with E-state index in [4.69, 9.17) is 0 Å². The number of amides is 1. The Bertz CT molecular complexity index is 595. The maximum atomic E-state index is 11.9. The van der Waals surface area contributed by atoms with Crippen molar-refractivity contribution in [2.24, 2.45) is 0 Å². The number of carbonyl (C=O) groups is 1. The van der Waals surface area contributed by atoms with Crippen molar-refractivity contribution in [2.75, 3.05) is 6.54 Å². The van der Waals surface area contributed by atoms with Gasteiger partial charge in [0.1, 0.15) is 0 Å².